The zero-order valence-electron chi connectivity index (χ0n) is 10.9. The molecule has 0 aliphatic carbocycles. The molecule has 0 aliphatic rings. The fourth-order valence-corrected chi connectivity index (χ4v) is 3.30. The lowest BCUT2D eigenvalue weighted by Gasteiger charge is -2.10. The summed E-state index contributed by atoms with van der Waals surface area (Å²) in [6.45, 7) is 0. The first kappa shape index (κ1) is 14.2. The highest BCUT2D eigenvalue weighted by molar-refractivity contribution is 9.10. The molecule has 0 bridgehead atoms. The van der Waals surface area contributed by atoms with E-state index in [9.17, 15) is 4.79 Å². The first-order valence-corrected chi connectivity index (χ1v) is 8.01. The van der Waals surface area contributed by atoms with Gasteiger partial charge in [0.05, 0.1) is 22.5 Å². The van der Waals surface area contributed by atoms with E-state index in [4.69, 9.17) is 5.11 Å². The Morgan fingerprint density at radius 2 is 1.90 bits per heavy atom. The summed E-state index contributed by atoms with van der Waals surface area (Å²) in [5.41, 5.74) is 2.75. The standard InChI is InChI=1S/C15H11BrN2O2S/c16-10-5-1-3-7-12(10)18-13-8-4-2-6-11(13)17-15(18)21-9-14(19)20/h1-8H,9H2,(H,19,20). The van der Waals surface area contributed by atoms with Crippen LogP contribution in [0.15, 0.2) is 58.2 Å². The molecule has 0 radical (unpaired) electrons. The number of halogens is 1. The molecule has 0 atom stereocenters. The van der Waals surface area contributed by atoms with E-state index >= 15 is 0 Å². The topological polar surface area (TPSA) is 55.1 Å². The average Bonchev–Trinajstić information content (AvgIpc) is 2.84. The Bertz CT molecular complexity index is 816. The van der Waals surface area contributed by atoms with Crippen molar-refractivity contribution in [3.63, 3.8) is 0 Å². The van der Waals surface area contributed by atoms with Crippen molar-refractivity contribution in [3.05, 3.63) is 53.0 Å². The van der Waals surface area contributed by atoms with Gasteiger partial charge in [0, 0.05) is 4.47 Å². The average molecular weight is 363 g/mol. The maximum Gasteiger partial charge on any atom is 0.313 e. The Balaban J connectivity index is 2.20. The summed E-state index contributed by atoms with van der Waals surface area (Å²) in [5, 5.41) is 9.57. The second-order valence-corrected chi connectivity index (χ2v) is 6.15. The van der Waals surface area contributed by atoms with Crippen LogP contribution in [0.3, 0.4) is 0 Å². The molecule has 2 aromatic carbocycles. The van der Waals surface area contributed by atoms with E-state index in [1.54, 1.807) is 0 Å². The van der Waals surface area contributed by atoms with Crippen LogP contribution in [-0.2, 0) is 4.79 Å². The summed E-state index contributed by atoms with van der Waals surface area (Å²) in [7, 11) is 0. The maximum atomic E-state index is 10.8. The molecule has 0 aliphatic heterocycles. The SMILES string of the molecule is O=C(O)CSc1nc2ccccc2n1-c1ccccc1Br. The molecule has 3 aromatic rings. The maximum absolute atomic E-state index is 10.8. The molecule has 1 aromatic heterocycles. The van der Waals surface area contributed by atoms with Gasteiger partial charge in [-0.05, 0) is 40.2 Å². The number of para-hydroxylation sites is 3. The molecule has 106 valence electrons. The number of hydrogen-bond acceptors (Lipinski definition) is 3. The number of carbonyl (C=O) groups is 1. The second kappa shape index (κ2) is 5.91. The minimum Gasteiger partial charge on any atom is -0.481 e. The lowest BCUT2D eigenvalue weighted by atomic mass is 10.3. The van der Waals surface area contributed by atoms with Crippen molar-refractivity contribution in [3.8, 4) is 5.69 Å². The van der Waals surface area contributed by atoms with Crippen molar-refractivity contribution in [2.24, 2.45) is 0 Å². The first-order valence-electron chi connectivity index (χ1n) is 6.24. The van der Waals surface area contributed by atoms with Gasteiger partial charge in [0.15, 0.2) is 5.16 Å². The number of nitrogens with zero attached hydrogens (tertiary/aromatic N) is 2. The van der Waals surface area contributed by atoms with E-state index in [0.717, 1.165) is 21.2 Å². The summed E-state index contributed by atoms with van der Waals surface area (Å²) < 4.78 is 2.91. The van der Waals surface area contributed by atoms with Crippen LogP contribution in [0.2, 0.25) is 0 Å². The van der Waals surface area contributed by atoms with Crippen molar-refractivity contribution in [2.45, 2.75) is 5.16 Å². The zero-order valence-corrected chi connectivity index (χ0v) is 13.3. The minimum absolute atomic E-state index is 0.0201. The van der Waals surface area contributed by atoms with Crippen LogP contribution in [0.5, 0.6) is 0 Å². The predicted molar refractivity (Wildman–Crippen MR) is 87.1 cm³/mol. The molecule has 0 amide bonds. The third-order valence-corrected chi connectivity index (χ3v) is 4.54. The second-order valence-electron chi connectivity index (χ2n) is 4.35. The zero-order chi connectivity index (χ0) is 14.8. The molecule has 21 heavy (non-hydrogen) atoms. The molecule has 0 saturated heterocycles. The van der Waals surface area contributed by atoms with Gasteiger partial charge >= 0.3 is 5.97 Å². The molecule has 6 heteroatoms. The summed E-state index contributed by atoms with van der Waals surface area (Å²) in [6.07, 6.45) is 0. The monoisotopic (exact) mass is 362 g/mol. The fourth-order valence-electron chi connectivity index (χ4n) is 2.09. The quantitative estimate of drug-likeness (QED) is 0.713. The van der Waals surface area contributed by atoms with Crippen molar-refractivity contribution < 1.29 is 9.90 Å². The largest absolute Gasteiger partial charge is 0.481 e. The third kappa shape index (κ3) is 2.82. The van der Waals surface area contributed by atoms with Gasteiger partial charge in [0.25, 0.3) is 0 Å². The molecule has 0 fully saturated rings. The van der Waals surface area contributed by atoms with Crippen LogP contribution < -0.4 is 0 Å². The van der Waals surface area contributed by atoms with Gasteiger partial charge in [-0.25, -0.2) is 4.98 Å². The van der Waals surface area contributed by atoms with Crippen LogP contribution in [0.4, 0.5) is 0 Å². The van der Waals surface area contributed by atoms with Gasteiger partial charge in [-0.2, -0.15) is 0 Å². The van der Waals surface area contributed by atoms with E-state index < -0.39 is 5.97 Å². The Morgan fingerprint density at radius 1 is 1.19 bits per heavy atom. The van der Waals surface area contributed by atoms with Gasteiger partial charge in [-0.15, -0.1) is 0 Å². The van der Waals surface area contributed by atoms with Gasteiger partial charge in [0.1, 0.15) is 0 Å². The highest BCUT2D eigenvalue weighted by Gasteiger charge is 2.15. The molecule has 3 rings (SSSR count). The Kier molecular flexibility index (Phi) is 3.98. The van der Waals surface area contributed by atoms with Gasteiger partial charge in [0.2, 0.25) is 0 Å². The van der Waals surface area contributed by atoms with Crippen molar-refractivity contribution >= 4 is 44.7 Å². The van der Waals surface area contributed by atoms with Gasteiger partial charge in [-0.3, -0.25) is 9.36 Å². The number of imidazole rings is 1. The summed E-state index contributed by atoms with van der Waals surface area (Å²) in [6, 6.07) is 15.6. The summed E-state index contributed by atoms with van der Waals surface area (Å²) in [4.78, 5) is 15.4. The van der Waals surface area contributed by atoms with Crippen LogP contribution >= 0.6 is 27.7 Å². The summed E-state index contributed by atoms with van der Waals surface area (Å²) in [5.74, 6) is -0.876. The lowest BCUT2D eigenvalue weighted by Crippen LogP contribution is -2.02. The molecule has 1 heterocycles. The Hall–Kier alpha value is -1.79. The van der Waals surface area contributed by atoms with E-state index in [1.165, 1.54) is 11.8 Å². The minimum atomic E-state index is -0.856. The smallest absolute Gasteiger partial charge is 0.313 e. The van der Waals surface area contributed by atoms with E-state index in [2.05, 4.69) is 20.9 Å². The fraction of sp³-hybridized carbons (Fsp3) is 0.0667. The van der Waals surface area contributed by atoms with Crippen LogP contribution in [0.25, 0.3) is 16.7 Å². The van der Waals surface area contributed by atoms with E-state index in [-0.39, 0.29) is 5.75 Å². The molecule has 1 N–H and O–H groups in total. The number of aromatic nitrogens is 2. The first-order chi connectivity index (χ1) is 10.2. The number of thioether (sulfide) groups is 1. The van der Waals surface area contributed by atoms with Gasteiger partial charge in [-0.1, -0.05) is 36.0 Å². The highest BCUT2D eigenvalue weighted by Crippen LogP contribution is 2.31. The Morgan fingerprint density at radius 3 is 2.67 bits per heavy atom. The highest BCUT2D eigenvalue weighted by atomic mass is 79.9. The number of carboxylic acids is 1. The van der Waals surface area contributed by atoms with Crippen molar-refractivity contribution in [1.29, 1.82) is 0 Å². The number of benzene rings is 2. The van der Waals surface area contributed by atoms with Crippen LogP contribution in [-0.4, -0.2) is 26.4 Å². The number of rotatable bonds is 4. The summed E-state index contributed by atoms with van der Waals surface area (Å²) >= 11 is 4.76. The number of hydrogen-bond donors (Lipinski definition) is 1. The lowest BCUT2D eigenvalue weighted by molar-refractivity contribution is -0.133. The third-order valence-electron chi connectivity index (χ3n) is 2.95. The van der Waals surface area contributed by atoms with Crippen LogP contribution in [0, 0.1) is 0 Å². The number of carboxylic acid groups (broad SMARTS) is 1. The number of aliphatic carboxylic acids is 1. The predicted octanol–water partition coefficient (Wildman–Crippen LogP) is 3.96. The van der Waals surface area contributed by atoms with Crippen molar-refractivity contribution in [1.82, 2.24) is 9.55 Å². The van der Waals surface area contributed by atoms with Gasteiger partial charge < -0.3 is 5.11 Å². The van der Waals surface area contributed by atoms with Crippen molar-refractivity contribution in [2.75, 3.05) is 5.75 Å². The van der Waals surface area contributed by atoms with E-state index in [0.29, 0.717) is 5.16 Å². The van der Waals surface area contributed by atoms with Crippen LogP contribution in [0.1, 0.15) is 0 Å². The molecule has 0 unspecified atom stereocenters. The number of fused-ring (bicyclic) bond motifs is 1. The Labute approximate surface area is 133 Å². The van der Waals surface area contributed by atoms with E-state index in [1.807, 2.05) is 53.1 Å². The molecular weight excluding hydrogens is 352 g/mol. The molecule has 0 spiro atoms. The molecule has 0 saturated carbocycles. The normalized spacial score (nSPS) is 10.9. The molecular formula is C15H11BrN2O2S. The molecule has 4 nitrogen and oxygen atoms in total.